The third-order valence-electron chi connectivity index (χ3n) is 1.30. The SMILES string of the molecule is C=CB1N(C)N=NN1C. The molecule has 0 aliphatic carbocycles. The third-order valence-corrected chi connectivity index (χ3v) is 1.30. The Morgan fingerprint density at radius 3 is 2.00 bits per heavy atom. The molecule has 0 bridgehead atoms. The lowest BCUT2D eigenvalue weighted by Gasteiger charge is -2.12. The number of hydrogen-bond acceptors (Lipinski definition) is 4. The van der Waals surface area contributed by atoms with Crippen LogP contribution in [0.3, 0.4) is 0 Å². The van der Waals surface area contributed by atoms with Gasteiger partial charge in [-0.3, -0.25) is 9.84 Å². The Hall–Kier alpha value is -0.995. The van der Waals surface area contributed by atoms with Gasteiger partial charge in [0.05, 0.1) is 0 Å². The molecule has 0 amide bonds. The summed E-state index contributed by atoms with van der Waals surface area (Å²) in [5.74, 6) is 1.79. The zero-order valence-electron chi connectivity index (χ0n) is 5.65. The summed E-state index contributed by atoms with van der Waals surface area (Å²) >= 11 is 0. The van der Waals surface area contributed by atoms with E-state index in [0.717, 1.165) is 0 Å². The molecule has 1 aliphatic heterocycles. The Morgan fingerprint density at radius 1 is 1.33 bits per heavy atom. The summed E-state index contributed by atoms with van der Waals surface area (Å²) in [6, 6.07) is 0. The van der Waals surface area contributed by atoms with Crippen molar-refractivity contribution in [2.24, 2.45) is 10.4 Å². The largest absolute Gasteiger partial charge is 0.438 e. The van der Waals surface area contributed by atoms with E-state index >= 15 is 0 Å². The number of hydrogen-bond donors (Lipinski definition) is 0. The van der Waals surface area contributed by atoms with E-state index in [1.807, 2.05) is 14.1 Å². The van der Waals surface area contributed by atoms with Crippen molar-refractivity contribution < 1.29 is 0 Å². The van der Waals surface area contributed by atoms with E-state index in [1.54, 1.807) is 15.8 Å². The molecule has 9 heavy (non-hydrogen) atoms. The predicted octanol–water partition coefficient (Wildman–Crippen LogP) is 0.359. The molecule has 0 aromatic heterocycles. The minimum atomic E-state index is 0.130. The summed E-state index contributed by atoms with van der Waals surface area (Å²) in [7, 11) is 3.72. The lowest BCUT2D eigenvalue weighted by atomic mass is 9.76. The van der Waals surface area contributed by atoms with Crippen molar-refractivity contribution in [3.05, 3.63) is 12.6 Å². The second-order valence-corrected chi connectivity index (χ2v) is 1.98. The molecular formula is C4H9BN4. The maximum Gasteiger partial charge on any atom is 0.438 e. The highest BCUT2D eigenvalue weighted by atomic mass is 15.7. The third kappa shape index (κ3) is 0.895. The zero-order chi connectivity index (χ0) is 6.85. The van der Waals surface area contributed by atoms with Crippen LogP contribution in [0, 0.1) is 0 Å². The topological polar surface area (TPSA) is 31.2 Å². The Balaban J connectivity index is 2.63. The van der Waals surface area contributed by atoms with Crippen LogP contribution >= 0.6 is 0 Å². The van der Waals surface area contributed by atoms with Crippen LogP contribution in [0.5, 0.6) is 0 Å². The van der Waals surface area contributed by atoms with Gasteiger partial charge in [0.2, 0.25) is 0 Å². The first-order valence-electron chi connectivity index (χ1n) is 2.75. The van der Waals surface area contributed by atoms with Gasteiger partial charge < -0.3 is 0 Å². The Bertz CT molecular complexity index is 134. The molecule has 0 N–H and O–H groups in total. The number of nitrogens with zero attached hydrogens (tertiary/aromatic N) is 4. The summed E-state index contributed by atoms with van der Waals surface area (Å²) in [5, 5.41) is 7.56. The number of rotatable bonds is 1. The van der Waals surface area contributed by atoms with Gasteiger partial charge in [0.25, 0.3) is 0 Å². The minimum Gasteiger partial charge on any atom is -0.294 e. The van der Waals surface area contributed by atoms with E-state index in [9.17, 15) is 0 Å². The van der Waals surface area contributed by atoms with Gasteiger partial charge in [-0.2, -0.15) is 0 Å². The molecule has 0 aromatic rings. The first kappa shape index (κ1) is 6.13. The lowest BCUT2D eigenvalue weighted by molar-refractivity contribution is 0.541. The molecule has 0 unspecified atom stereocenters. The molecule has 4 nitrogen and oxygen atoms in total. The predicted molar refractivity (Wildman–Crippen MR) is 36.3 cm³/mol. The van der Waals surface area contributed by atoms with E-state index in [4.69, 9.17) is 0 Å². The highest BCUT2D eigenvalue weighted by Crippen LogP contribution is 2.07. The molecule has 0 aromatic carbocycles. The lowest BCUT2D eigenvalue weighted by Crippen LogP contribution is -2.37. The van der Waals surface area contributed by atoms with Crippen LogP contribution in [-0.4, -0.2) is 30.9 Å². The van der Waals surface area contributed by atoms with Crippen molar-refractivity contribution in [2.45, 2.75) is 0 Å². The fourth-order valence-corrected chi connectivity index (χ4v) is 0.779. The molecule has 48 valence electrons. The van der Waals surface area contributed by atoms with E-state index in [2.05, 4.69) is 17.0 Å². The fraction of sp³-hybridized carbons (Fsp3) is 0.500. The quantitative estimate of drug-likeness (QED) is 0.472. The Morgan fingerprint density at radius 2 is 1.78 bits per heavy atom. The Labute approximate surface area is 54.9 Å². The van der Waals surface area contributed by atoms with Crippen molar-refractivity contribution in [3.8, 4) is 0 Å². The van der Waals surface area contributed by atoms with Crippen molar-refractivity contribution in [1.29, 1.82) is 0 Å². The summed E-state index contributed by atoms with van der Waals surface area (Å²) < 4.78 is 0. The first-order chi connectivity index (χ1) is 4.25. The Kier molecular flexibility index (Phi) is 1.42. The van der Waals surface area contributed by atoms with Crippen molar-refractivity contribution in [2.75, 3.05) is 14.1 Å². The van der Waals surface area contributed by atoms with E-state index in [0.29, 0.717) is 0 Å². The molecule has 0 saturated heterocycles. The van der Waals surface area contributed by atoms with Gasteiger partial charge in [-0.1, -0.05) is 16.4 Å². The monoisotopic (exact) mass is 124 g/mol. The molecule has 0 fully saturated rings. The smallest absolute Gasteiger partial charge is 0.294 e. The van der Waals surface area contributed by atoms with E-state index < -0.39 is 0 Å². The van der Waals surface area contributed by atoms with Gasteiger partial charge in [0.15, 0.2) is 0 Å². The first-order valence-corrected chi connectivity index (χ1v) is 2.75. The molecule has 0 atom stereocenters. The van der Waals surface area contributed by atoms with Crippen LogP contribution in [0.4, 0.5) is 0 Å². The molecular weight excluding hydrogens is 115 g/mol. The maximum atomic E-state index is 3.78. The van der Waals surface area contributed by atoms with Gasteiger partial charge in [-0.05, 0) is 0 Å². The average Bonchev–Trinajstić information content (AvgIpc) is 2.12. The van der Waals surface area contributed by atoms with Crippen LogP contribution in [-0.2, 0) is 0 Å². The molecule has 1 aliphatic rings. The molecule has 1 heterocycles. The van der Waals surface area contributed by atoms with Crippen molar-refractivity contribution in [3.63, 3.8) is 0 Å². The summed E-state index contributed by atoms with van der Waals surface area (Å²) in [5.41, 5.74) is 0. The van der Waals surface area contributed by atoms with E-state index in [1.165, 1.54) is 0 Å². The van der Waals surface area contributed by atoms with Gasteiger partial charge in [-0.25, -0.2) is 0 Å². The van der Waals surface area contributed by atoms with Gasteiger partial charge in [0, 0.05) is 14.1 Å². The highest BCUT2D eigenvalue weighted by Gasteiger charge is 2.26. The van der Waals surface area contributed by atoms with Crippen LogP contribution in [0.2, 0.25) is 0 Å². The van der Waals surface area contributed by atoms with Crippen molar-refractivity contribution in [1.82, 2.24) is 9.84 Å². The van der Waals surface area contributed by atoms with Crippen LogP contribution in [0.15, 0.2) is 23.0 Å². The molecule has 5 heteroatoms. The standard InChI is InChI=1S/C4H9BN4/c1-4-5-8(2)6-7-9(5)3/h4H,1H2,2-3H3. The molecule has 0 radical (unpaired) electrons. The minimum absolute atomic E-state index is 0.130. The van der Waals surface area contributed by atoms with Gasteiger partial charge >= 0.3 is 6.98 Å². The zero-order valence-corrected chi connectivity index (χ0v) is 5.65. The van der Waals surface area contributed by atoms with Crippen molar-refractivity contribution >= 4 is 6.98 Å². The fourth-order valence-electron chi connectivity index (χ4n) is 0.779. The highest BCUT2D eigenvalue weighted by molar-refractivity contribution is 6.58. The average molecular weight is 124 g/mol. The van der Waals surface area contributed by atoms with Gasteiger partial charge in [0.1, 0.15) is 0 Å². The summed E-state index contributed by atoms with van der Waals surface area (Å²) in [6.45, 7) is 3.77. The molecule has 0 spiro atoms. The second kappa shape index (κ2) is 2.09. The molecule has 1 rings (SSSR count). The van der Waals surface area contributed by atoms with Crippen LogP contribution < -0.4 is 0 Å². The normalized spacial score (nSPS) is 17.3. The van der Waals surface area contributed by atoms with E-state index in [-0.39, 0.29) is 6.98 Å². The summed E-state index contributed by atoms with van der Waals surface area (Å²) in [4.78, 5) is 3.49. The molecule has 0 saturated carbocycles. The van der Waals surface area contributed by atoms with Crippen LogP contribution in [0.25, 0.3) is 0 Å². The van der Waals surface area contributed by atoms with Gasteiger partial charge in [-0.15, -0.1) is 6.58 Å². The van der Waals surface area contributed by atoms with Crippen LogP contribution in [0.1, 0.15) is 0 Å². The summed E-state index contributed by atoms with van der Waals surface area (Å²) in [6.07, 6.45) is 0. The maximum absolute atomic E-state index is 3.78. The second-order valence-electron chi connectivity index (χ2n) is 1.98.